The molecule has 0 radical (unpaired) electrons. The maximum absolute atomic E-state index is 12.3. The van der Waals surface area contributed by atoms with Crippen molar-refractivity contribution in [2.75, 3.05) is 12.5 Å². The van der Waals surface area contributed by atoms with Gasteiger partial charge in [0.2, 0.25) is 0 Å². The van der Waals surface area contributed by atoms with Gasteiger partial charge in [0.15, 0.2) is 5.78 Å². The van der Waals surface area contributed by atoms with Gasteiger partial charge in [-0.2, -0.15) is 0 Å². The Morgan fingerprint density at radius 3 is 2.07 bits per heavy atom. The average molecular weight is 395 g/mol. The lowest BCUT2D eigenvalue weighted by Gasteiger charge is -2.17. The third-order valence-corrected chi connectivity index (χ3v) is 5.25. The Labute approximate surface area is 172 Å². The minimum absolute atomic E-state index is 0.158. The van der Waals surface area contributed by atoms with Gasteiger partial charge in [0.05, 0.1) is 12.7 Å². The van der Waals surface area contributed by atoms with Gasteiger partial charge in [-0.3, -0.25) is 4.79 Å². The third-order valence-electron chi connectivity index (χ3n) is 5.10. The number of hydrogen-bond donors (Lipinski definition) is 0. The quantitative estimate of drug-likeness (QED) is 0.146. The first kappa shape index (κ1) is 24.2. The van der Waals surface area contributed by atoms with E-state index in [1.807, 2.05) is 30.3 Å². The number of alkyl halides is 1. The van der Waals surface area contributed by atoms with E-state index < -0.39 is 0 Å². The Hall–Kier alpha value is -0.860. The van der Waals surface area contributed by atoms with Crippen molar-refractivity contribution in [1.82, 2.24) is 0 Å². The van der Waals surface area contributed by atoms with Gasteiger partial charge in [0, 0.05) is 17.9 Å². The molecule has 1 aromatic carbocycles. The fraction of sp³-hybridized carbons (Fsp3) is 0.708. The summed E-state index contributed by atoms with van der Waals surface area (Å²) < 4.78 is 5.88. The summed E-state index contributed by atoms with van der Waals surface area (Å²) in [5.74, 6) is 0.722. The minimum atomic E-state index is 0.158. The maximum Gasteiger partial charge on any atom is 0.162 e. The summed E-state index contributed by atoms with van der Waals surface area (Å²) in [6.07, 6.45) is 15.9. The Kier molecular flexibility index (Phi) is 15.4. The van der Waals surface area contributed by atoms with E-state index in [-0.39, 0.29) is 11.9 Å². The van der Waals surface area contributed by atoms with Gasteiger partial charge in [0.1, 0.15) is 0 Å². The number of benzene rings is 1. The molecule has 0 saturated carbocycles. The lowest BCUT2D eigenvalue weighted by Crippen LogP contribution is -2.16. The molecule has 0 aliphatic carbocycles. The highest BCUT2D eigenvalue weighted by atomic mass is 35.5. The van der Waals surface area contributed by atoms with Crippen molar-refractivity contribution in [3.8, 4) is 0 Å². The normalized spacial score (nSPS) is 12.2. The molecule has 1 unspecified atom stereocenters. The van der Waals surface area contributed by atoms with Crippen LogP contribution in [-0.2, 0) is 4.74 Å². The van der Waals surface area contributed by atoms with E-state index in [9.17, 15) is 4.79 Å². The van der Waals surface area contributed by atoms with Crippen LogP contribution in [-0.4, -0.2) is 24.4 Å². The zero-order valence-electron chi connectivity index (χ0n) is 17.3. The highest BCUT2D eigenvalue weighted by Gasteiger charge is 2.13. The molecule has 0 spiro atoms. The second kappa shape index (κ2) is 17.3. The average Bonchev–Trinajstić information content (AvgIpc) is 2.71. The lowest BCUT2D eigenvalue weighted by molar-refractivity contribution is 0.0473. The largest absolute Gasteiger partial charge is 0.377 e. The molecule has 0 aliphatic heterocycles. The molecule has 1 atom stereocenters. The summed E-state index contributed by atoms with van der Waals surface area (Å²) in [7, 11) is 0. The SMILES string of the molecule is CCCCCCCCCCCCC(CCC(=O)c1ccccc1)OCCCl. The molecule has 1 aromatic rings. The van der Waals surface area contributed by atoms with Crippen LogP contribution in [0.2, 0.25) is 0 Å². The van der Waals surface area contributed by atoms with Crippen LogP contribution in [0.1, 0.15) is 101 Å². The number of Topliss-reactive ketones (excluding diaryl/α,β-unsaturated/α-hetero) is 1. The summed E-state index contributed by atoms with van der Waals surface area (Å²) in [5, 5.41) is 0. The highest BCUT2D eigenvalue weighted by molar-refractivity contribution is 6.17. The van der Waals surface area contributed by atoms with Gasteiger partial charge in [-0.25, -0.2) is 0 Å². The number of unbranched alkanes of at least 4 members (excludes halogenated alkanes) is 9. The number of hydrogen-bond acceptors (Lipinski definition) is 2. The number of ether oxygens (including phenoxy) is 1. The first-order valence-corrected chi connectivity index (χ1v) is 11.6. The standard InChI is InChI=1S/C24H39ClO2/c1-2-3-4-5-6-7-8-9-10-14-17-23(27-21-20-25)18-19-24(26)22-15-12-11-13-16-22/h11-13,15-16,23H,2-10,14,17-21H2,1H3. The lowest BCUT2D eigenvalue weighted by atomic mass is 10.0. The Bertz CT molecular complexity index is 461. The van der Waals surface area contributed by atoms with Crippen molar-refractivity contribution in [1.29, 1.82) is 0 Å². The van der Waals surface area contributed by atoms with Crippen LogP contribution < -0.4 is 0 Å². The predicted molar refractivity (Wildman–Crippen MR) is 117 cm³/mol. The van der Waals surface area contributed by atoms with Crippen LogP contribution in [0.25, 0.3) is 0 Å². The molecule has 0 amide bonds. The Morgan fingerprint density at radius 2 is 1.48 bits per heavy atom. The second-order valence-electron chi connectivity index (χ2n) is 7.48. The maximum atomic E-state index is 12.3. The van der Waals surface area contributed by atoms with E-state index in [1.165, 1.54) is 64.2 Å². The first-order valence-electron chi connectivity index (χ1n) is 11.0. The van der Waals surface area contributed by atoms with E-state index in [2.05, 4.69) is 6.92 Å². The molecule has 0 aromatic heterocycles. The van der Waals surface area contributed by atoms with Crippen LogP contribution in [0.5, 0.6) is 0 Å². The van der Waals surface area contributed by atoms with Gasteiger partial charge in [-0.05, 0) is 12.8 Å². The molecular formula is C24H39ClO2. The number of rotatable bonds is 18. The summed E-state index contributed by atoms with van der Waals surface area (Å²) in [5.41, 5.74) is 0.799. The van der Waals surface area contributed by atoms with Crippen molar-refractivity contribution >= 4 is 17.4 Å². The molecule has 0 bridgehead atoms. The third kappa shape index (κ3) is 13.0. The summed E-state index contributed by atoms with van der Waals surface area (Å²) >= 11 is 5.78. The molecule has 154 valence electrons. The zero-order chi connectivity index (χ0) is 19.6. The molecule has 27 heavy (non-hydrogen) atoms. The predicted octanol–water partition coefficient (Wildman–Crippen LogP) is 7.58. The fourth-order valence-corrected chi connectivity index (χ4v) is 3.53. The summed E-state index contributed by atoms with van der Waals surface area (Å²) in [4.78, 5) is 12.3. The fourth-order valence-electron chi connectivity index (χ4n) is 3.44. The molecular weight excluding hydrogens is 356 g/mol. The van der Waals surface area contributed by atoms with E-state index in [0.717, 1.165) is 18.4 Å². The number of carbonyl (C=O) groups excluding carboxylic acids is 1. The van der Waals surface area contributed by atoms with E-state index in [4.69, 9.17) is 16.3 Å². The van der Waals surface area contributed by atoms with Crippen LogP contribution >= 0.6 is 11.6 Å². The van der Waals surface area contributed by atoms with Crippen molar-refractivity contribution in [3.05, 3.63) is 35.9 Å². The van der Waals surface area contributed by atoms with Gasteiger partial charge < -0.3 is 4.74 Å². The number of carbonyl (C=O) groups is 1. The van der Waals surface area contributed by atoms with E-state index in [1.54, 1.807) is 0 Å². The van der Waals surface area contributed by atoms with Crippen molar-refractivity contribution in [2.24, 2.45) is 0 Å². The van der Waals surface area contributed by atoms with E-state index in [0.29, 0.717) is 18.9 Å². The number of ketones is 1. The minimum Gasteiger partial charge on any atom is -0.377 e. The molecule has 0 heterocycles. The van der Waals surface area contributed by atoms with Crippen molar-refractivity contribution < 1.29 is 9.53 Å². The molecule has 0 N–H and O–H groups in total. The van der Waals surface area contributed by atoms with Crippen LogP contribution in [0, 0.1) is 0 Å². The molecule has 3 heteroatoms. The van der Waals surface area contributed by atoms with E-state index >= 15 is 0 Å². The van der Waals surface area contributed by atoms with Crippen molar-refractivity contribution in [3.63, 3.8) is 0 Å². The molecule has 1 rings (SSSR count). The molecule has 2 nitrogen and oxygen atoms in total. The zero-order valence-corrected chi connectivity index (χ0v) is 18.0. The highest BCUT2D eigenvalue weighted by Crippen LogP contribution is 2.17. The summed E-state index contributed by atoms with van der Waals surface area (Å²) in [6.45, 7) is 2.84. The molecule has 0 fully saturated rings. The smallest absolute Gasteiger partial charge is 0.162 e. The topological polar surface area (TPSA) is 26.3 Å². The molecule has 0 saturated heterocycles. The Balaban J connectivity index is 2.13. The van der Waals surface area contributed by atoms with Gasteiger partial charge in [-0.15, -0.1) is 11.6 Å². The van der Waals surface area contributed by atoms with Gasteiger partial charge >= 0.3 is 0 Å². The van der Waals surface area contributed by atoms with Crippen LogP contribution in [0.15, 0.2) is 30.3 Å². The molecule has 0 aliphatic rings. The monoisotopic (exact) mass is 394 g/mol. The number of halogens is 1. The van der Waals surface area contributed by atoms with Gasteiger partial charge in [-0.1, -0.05) is 101 Å². The van der Waals surface area contributed by atoms with Crippen LogP contribution in [0.4, 0.5) is 0 Å². The van der Waals surface area contributed by atoms with Crippen LogP contribution in [0.3, 0.4) is 0 Å². The van der Waals surface area contributed by atoms with Crippen molar-refractivity contribution in [2.45, 2.75) is 96.5 Å². The second-order valence-corrected chi connectivity index (χ2v) is 7.86. The Morgan fingerprint density at radius 1 is 0.889 bits per heavy atom. The first-order chi connectivity index (χ1) is 13.3. The summed E-state index contributed by atoms with van der Waals surface area (Å²) in [6, 6.07) is 9.55. The van der Waals surface area contributed by atoms with Gasteiger partial charge in [0.25, 0.3) is 0 Å².